The summed E-state index contributed by atoms with van der Waals surface area (Å²) in [5.74, 6) is -3.30. The largest absolute Gasteiger partial charge is 0.469 e. The molecule has 1 aliphatic heterocycles. The molecule has 4 atom stereocenters. The van der Waals surface area contributed by atoms with Gasteiger partial charge in [-0.25, -0.2) is 4.18 Å². The fourth-order valence-electron chi connectivity index (χ4n) is 5.58. The van der Waals surface area contributed by atoms with Crippen molar-refractivity contribution in [2.75, 3.05) is 40.3 Å². The fraction of sp³-hybridized carbons (Fsp3) is 0.688. The van der Waals surface area contributed by atoms with Crippen LogP contribution in [0.2, 0.25) is 0 Å². The number of epoxide rings is 1. The molecule has 0 bridgehead atoms. The maximum atomic E-state index is 13.6. The molecule has 1 amide bonds. The highest BCUT2D eigenvalue weighted by Gasteiger charge is 2.51. The number of methoxy groups -OCH3 is 1. The van der Waals surface area contributed by atoms with Crippen LogP contribution in [0.1, 0.15) is 72.3 Å². The van der Waals surface area contributed by atoms with E-state index in [9.17, 15) is 32.7 Å². The van der Waals surface area contributed by atoms with Gasteiger partial charge in [0.2, 0.25) is 5.91 Å². The summed E-state index contributed by atoms with van der Waals surface area (Å²) in [5.41, 5.74) is -3.15. The molecule has 1 aliphatic rings. The molecule has 2 N–H and O–H groups in total. The van der Waals surface area contributed by atoms with Gasteiger partial charge in [-0.05, 0) is 72.4 Å². The minimum atomic E-state index is -4.14. The van der Waals surface area contributed by atoms with Crippen molar-refractivity contribution in [3.63, 3.8) is 0 Å². The Kier molecular flexibility index (Phi) is 14.2. The van der Waals surface area contributed by atoms with E-state index in [4.69, 9.17) is 23.1 Å². The van der Waals surface area contributed by atoms with Crippen molar-refractivity contribution in [3.05, 3.63) is 29.8 Å². The number of carbonyl (C=O) groups is 4. The molecular formula is C32H49NO12S. The summed E-state index contributed by atoms with van der Waals surface area (Å²) in [6, 6.07) is 6.04. The highest BCUT2D eigenvalue weighted by Crippen LogP contribution is 2.47. The predicted molar refractivity (Wildman–Crippen MR) is 165 cm³/mol. The Morgan fingerprint density at radius 1 is 1.00 bits per heavy atom. The number of rotatable bonds is 20. The van der Waals surface area contributed by atoms with Gasteiger partial charge >= 0.3 is 17.9 Å². The lowest BCUT2D eigenvalue weighted by molar-refractivity contribution is -0.168. The topological polar surface area (TPSA) is 184 Å². The number of esters is 3. The number of carbonyl (C=O) groups excluding carboxylic acids is 4. The first-order valence-corrected chi connectivity index (χ1v) is 16.7. The second-order valence-electron chi connectivity index (χ2n) is 13.0. The number of aryl methyl sites for hydroxylation is 1. The van der Waals surface area contributed by atoms with Crippen LogP contribution in [-0.4, -0.2) is 83.7 Å². The van der Waals surface area contributed by atoms with Crippen molar-refractivity contribution in [1.82, 2.24) is 5.32 Å². The SMILES string of the molecule is CCC(CC(C)(CC(C)(CC(C)(C)C(=O)OCC1CO1)C(=O)OC)C(=O)OCCCO)C(=O)NCOS(=O)(=O)c1ccc(C)cc1. The number of ether oxygens (including phenoxy) is 4. The normalized spacial score (nSPS) is 18.0. The van der Waals surface area contributed by atoms with Gasteiger partial charge in [0, 0.05) is 18.9 Å². The Balaban J connectivity index is 2.27. The minimum absolute atomic E-state index is 0.0514. The predicted octanol–water partition coefficient (Wildman–Crippen LogP) is 3.05. The Labute approximate surface area is 271 Å². The van der Waals surface area contributed by atoms with Crippen LogP contribution in [-0.2, 0) is 52.4 Å². The third kappa shape index (κ3) is 11.3. The molecule has 46 heavy (non-hydrogen) atoms. The number of aliphatic hydroxyl groups excluding tert-OH is 1. The molecule has 1 aromatic rings. The molecule has 1 fully saturated rings. The number of benzene rings is 1. The zero-order valence-electron chi connectivity index (χ0n) is 27.9. The molecule has 1 heterocycles. The van der Waals surface area contributed by atoms with Crippen LogP contribution >= 0.6 is 0 Å². The average molecular weight is 672 g/mol. The lowest BCUT2D eigenvalue weighted by atomic mass is 9.63. The minimum Gasteiger partial charge on any atom is -0.469 e. The quantitative estimate of drug-likeness (QED) is 0.0517. The fourth-order valence-corrected chi connectivity index (χ4v) is 6.40. The summed E-state index contributed by atoms with van der Waals surface area (Å²) in [4.78, 5) is 53.1. The van der Waals surface area contributed by atoms with E-state index in [1.807, 2.05) is 6.92 Å². The molecule has 14 heteroatoms. The highest BCUT2D eigenvalue weighted by atomic mass is 32.2. The van der Waals surface area contributed by atoms with E-state index in [0.717, 1.165) is 5.56 Å². The van der Waals surface area contributed by atoms with E-state index in [2.05, 4.69) is 5.32 Å². The molecule has 260 valence electrons. The molecule has 4 unspecified atom stereocenters. The molecule has 0 aromatic heterocycles. The van der Waals surface area contributed by atoms with Gasteiger partial charge in [0.05, 0.1) is 41.5 Å². The van der Waals surface area contributed by atoms with Crippen LogP contribution in [0.5, 0.6) is 0 Å². The van der Waals surface area contributed by atoms with Crippen molar-refractivity contribution >= 4 is 33.9 Å². The molecule has 1 aromatic carbocycles. The Hall–Kier alpha value is -3.07. The smallest absolute Gasteiger partial charge is 0.311 e. The molecule has 0 saturated carbocycles. The number of hydrogen-bond acceptors (Lipinski definition) is 12. The molecule has 0 aliphatic carbocycles. The van der Waals surface area contributed by atoms with Crippen LogP contribution in [0.25, 0.3) is 0 Å². The van der Waals surface area contributed by atoms with Crippen molar-refractivity contribution in [3.8, 4) is 0 Å². The van der Waals surface area contributed by atoms with Crippen molar-refractivity contribution in [2.24, 2.45) is 22.2 Å². The van der Waals surface area contributed by atoms with Gasteiger partial charge in [-0.2, -0.15) is 8.42 Å². The second-order valence-corrected chi connectivity index (χ2v) is 14.6. The summed E-state index contributed by atoms with van der Waals surface area (Å²) in [7, 11) is -2.93. The Morgan fingerprint density at radius 3 is 2.17 bits per heavy atom. The zero-order chi connectivity index (χ0) is 34.8. The third-order valence-corrected chi connectivity index (χ3v) is 9.28. The summed E-state index contributed by atoms with van der Waals surface area (Å²) in [6.45, 7) is 9.63. The van der Waals surface area contributed by atoms with E-state index in [1.54, 1.807) is 46.8 Å². The number of aliphatic hydroxyl groups is 1. The van der Waals surface area contributed by atoms with Gasteiger partial charge in [-0.3, -0.25) is 19.2 Å². The molecule has 0 spiro atoms. The first kappa shape index (κ1) is 39.1. The van der Waals surface area contributed by atoms with Crippen molar-refractivity contribution in [2.45, 2.75) is 84.6 Å². The lowest BCUT2D eigenvalue weighted by Crippen LogP contribution is -2.46. The van der Waals surface area contributed by atoms with E-state index in [1.165, 1.54) is 19.2 Å². The summed E-state index contributed by atoms with van der Waals surface area (Å²) in [5, 5.41) is 11.7. The third-order valence-electron chi connectivity index (χ3n) is 8.00. The number of amides is 1. The summed E-state index contributed by atoms with van der Waals surface area (Å²) < 4.78 is 51.2. The van der Waals surface area contributed by atoms with E-state index in [0.29, 0.717) is 6.61 Å². The zero-order valence-corrected chi connectivity index (χ0v) is 28.7. The van der Waals surface area contributed by atoms with Gasteiger partial charge in [0.15, 0.2) is 0 Å². The maximum absolute atomic E-state index is 13.6. The highest BCUT2D eigenvalue weighted by molar-refractivity contribution is 7.86. The van der Waals surface area contributed by atoms with E-state index in [-0.39, 0.29) is 62.9 Å². The monoisotopic (exact) mass is 671 g/mol. The molecule has 0 radical (unpaired) electrons. The van der Waals surface area contributed by atoms with Gasteiger partial charge < -0.3 is 29.4 Å². The first-order chi connectivity index (χ1) is 21.4. The van der Waals surface area contributed by atoms with Gasteiger partial charge in [0.1, 0.15) is 19.4 Å². The van der Waals surface area contributed by atoms with Crippen molar-refractivity contribution in [1.29, 1.82) is 0 Å². The Bertz CT molecular complexity index is 1310. The van der Waals surface area contributed by atoms with E-state index < -0.39 is 62.8 Å². The van der Waals surface area contributed by atoms with Gasteiger partial charge in [0.25, 0.3) is 10.1 Å². The maximum Gasteiger partial charge on any atom is 0.311 e. The van der Waals surface area contributed by atoms with Gasteiger partial charge in [-0.15, -0.1) is 0 Å². The number of nitrogens with one attached hydrogen (secondary N) is 1. The van der Waals surface area contributed by atoms with Crippen LogP contribution < -0.4 is 5.32 Å². The molecule has 13 nitrogen and oxygen atoms in total. The number of hydrogen-bond donors (Lipinski definition) is 2. The van der Waals surface area contributed by atoms with Crippen LogP contribution in [0, 0.1) is 29.1 Å². The standard InChI is InChI=1S/C32H49NO12S/c1-8-23(26(35)33-21-45-46(39,40)25-12-10-22(2)11-13-25)16-31(5,29(38)42-15-9-14-34)20-32(6,28(37)41-7)19-30(3,4)27(36)44-18-24-17-43-24/h10-13,23-24,34H,8-9,14-21H2,1-7H3,(H,33,35). The summed E-state index contributed by atoms with van der Waals surface area (Å²) in [6.07, 6.45) is -0.00153. The van der Waals surface area contributed by atoms with E-state index >= 15 is 0 Å². The average Bonchev–Trinajstić information content (AvgIpc) is 3.82. The lowest BCUT2D eigenvalue weighted by Gasteiger charge is -2.40. The summed E-state index contributed by atoms with van der Waals surface area (Å²) >= 11 is 0. The second kappa shape index (κ2) is 16.7. The van der Waals surface area contributed by atoms with Crippen molar-refractivity contribution < 1.29 is 55.8 Å². The van der Waals surface area contributed by atoms with Crippen LogP contribution in [0.4, 0.5) is 0 Å². The molecular weight excluding hydrogens is 622 g/mol. The van der Waals surface area contributed by atoms with Crippen LogP contribution in [0.15, 0.2) is 29.2 Å². The van der Waals surface area contributed by atoms with Gasteiger partial charge in [-0.1, -0.05) is 24.6 Å². The first-order valence-electron chi connectivity index (χ1n) is 15.3. The molecule has 1 saturated heterocycles. The van der Waals surface area contributed by atoms with Crippen LogP contribution in [0.3, 0.4) is 0 Å². The molecule has 2 rings (SSSR count). The Morgan fingerprint density at radius 2 is 1.63 bits per heavy atom.